The summed E-state index contributed by atoms with van der Waals surface area (Å²) < 4.78 is 10.6. The summed E-state index contributed by atoms with van der Waals surface area (Å²) in [6.07, 6.45) is 0.811. The van der Waals surface area contributed by atoms with Crippen molar-refractivity contribution in [3.8, 4) is 11.5 Å². The molecule has 0 radical (unpaired) electrons. The van der Waals surface area contributed by atoms with Crippen LogP contribution in [0, 0.1) is 0 Å². The van der Waals surface area contributed by atoms with Gasteiger partial charge in [0.15, 0.2) is 17.5 Å². The number of nitrogens with one attached hydrogen (secondary N) is 2. The maximum absolute atomic E-state index is 12.5. The smallest absolute Gasteiger partial charge is 0.282 e. The van der Waals surface area contributed by atoms with Crippen LogP contribution in [0.2, 0.25) is 10.0 Å². The molecule has 0 saturated carbocycles. The van der Waals surface area contributed by atoms with E-state index in [0.717, 1.165) is 23.4 Å². The highest BCUT2D eigenvalue weighted by molar-refractivity contribution is 6.36. The second-order valence-corrected chi connectivity index (χ2v) is 7.21. The molecule has 146 valence electrons. The van der Waals surface area contributed by atoms with Gasteiger partial charge >= 0.3 is 0 Å². The number of anilines is 1. The molecule has 0 bridgehead atoms. The molecule has 27 heavy (non-hydrogen) atoms. The lowest BCUT2D eigenvalue weighted by molar-refractivity contribution is -0.893. The molecule has 0 fully saturated rings. The van der Waals surface area contributed by atoms with Gasteiger partial charge < -0.3 is 19.7 Å². The van der Waals surface area contributed by atoms with Crippen LogP contribution < -0.4 is 19.7 Å². The summed E-state index contributed by atoms with van der Waals surface area (Å²) in [4.78, 5) is 13.6. The van der Waals surface area contributed by atoms with Crippen LogP contribution in [0.1, 0.15) is 12.5 Å². The minimum atomic E-state index is -0.239. The zero-order chi connectivity index (χ0) is 20.0. The number of benzene rings is 2. The first-order valence-electron chi connectivity index (χ1n) is 8.64. The minimum absolute atomic E-state index is 0.0935. The molecular formula is C20H25Cl2N2O3+. The van der Waals surface area contributed by atoms with E-state index < -0.39 is 0 Å². The quantitative estimate of drug-likeness (QED) is 0.701. The van der Waals surface area contributed by atoms with Gasteiger partial charge in [-0.2, -0.15) is 0 Å². The third-order valence-corrected chi connectivity index (χ3v) is 5.13. The molecule has 0 aliphatic heterocycles. The molecule has 2 rings (SSSR count). The Morgan fingerprint density at radius 3 is 2.44 bits per heavy atom. The monoisotopic (exact) mass is 411 g/mol. The minimum Gasteiger partial charge on any atom is -0.493 e. The number of ether oxygens (including phenoxy) is 2. The van der Waals surface area contributed by atoms with Crippen LogP contribution in [-0.4, -0.2) is 39.8 Å². The van der Waals surface area contributed by atoms with Crippen LogP contribution in [0.5, 0.6) is 11.5 Å². The standard InChI is InChI=1S/C20H24Cl2N2O3/c1-13(20(25)23-17-7-6-15(21)12-16(17)22)24(2)10-9-14-5-8-18(26-3)19(11-14)27-4/h5-8,11-13H,9-10H2,1-4H3,(H,23,25)/p+1/t13-/m1/s1. The number of likely N-dealkylation sites (N-methyl/N-ethyl adjacent to an activating group) is 1. The van der Waals surface area contributed by atoms with Crippen molar-refractivity contribution in [2.75, 3.05) is 33.1 Å². The summed E-state index contributed by atoms with van der Waals surface area (Å²) in [6, 6.07) is 10.6. The van der Waals surface area contributed by atoms with Gasteiger partial charge in [-0.1, -0.05) is 29.3 Å². The zero-order valence-electron chi connectivity index (χ0n) is 15.9. The Bertz CT molecular complexity index is 799. The van der Waals surface area contributed by atoms with Crippen LogP contribution in [0.4, 0.5) is 5.69 Å². The number of carbonyl (C=O) groups excluding carboxylic acids is 1. The molecule has 7 heteroatoms. The molecule has 5 nitrogen and oxygen atoms in total. The highest BCUT2D eigenvalue weighted by Crippen LogP contribution is 2.27. The summed E-state index contributed by atoms with van der Waals surface area (Å²) >= 11 is 12.0. The van der Waals surface area contributed by atoms with Crippen LogP contribution in [0.15, 0.2) is 36.4 Å². The molecule has 0 saturated heterocycles. The number of amides is 1. The van der Waals surface area contributed by atoms with E-state index in [1.807, 2.05) is 32.2 Å². The summed E-state index contributed by atoms with van der Waals surface area (Å²) in [6.45, 7) is 2.68. The van der Waals surface area contributed by atoms with Gasteiger partial charge in [-0.05, 0) is 42.8 Å². The normalized spacial score (nSPS) is 13.0. The lowest BCUT2D eigenvalue weighted by Crippen LogP contribution is -3.14. The highest BCUT2D eigenvalue weighted by Gasteiger charge is 2.22. The molecule has 2 atom stereocenters. The molecule has 0 aliphatic carbocycles. The number of carbonyl (C=O) groups is 1. The van der Waals surface area contributed by atoms with Gasteiger partial charge in [0.25, 0.3) is 5.91 Å². The maximum atomic E-state index is 12.5. The molecule has 0 aromatic heterocycles. The maximum Gasteiger partial charge on any atom is 0.282 e. The fourth-order valence-electron chi connectivity index (χ4n) is 2.65. The molecule has 0 aliphatic rings. The van der Waals surface area contributed by atoms with E-state index in [1.54, 1.807) is 32.4 Å². The Morgan fingerprint density at radius 1 is 1.11 bits per heavy atom. The Labute approximate surface area is 170 Å². The Balaban J connectivity index is 1.94. The van der Waals surface area contributed by atoms with Crippen LogP contribution >= 0.6 is 23.2 Å². The zero-order valence-corrected chi connectivity index (χ0v) is 17.4. The second kappa shape index (κ2) is 9.83. The highest BCUT2D eigenvalue weighted by atomic mass is 35.5. The first kappa shape index (κ1) is 21.4. The molecule has 1 unspecified atom stereocenters. The number of rotatable bonds is 8. The average Bonchev–Trinajstić information content (AvgIpc) is 2.67. The van der Waals surface area contributed by atoms with Crippen molar-refractivity contribution in [1.82, 2.24) is 0 Å². The van der Waals surface area contributed by atoms with E-state index in [2.05, 4.69) is 5.32 Å². The first-order chi connectivity index (χ1) is 12.8. The van der Waals surface area contributed by atoms with E-state index in [0.29, 0.717) is 27.2 Å². The van der Waals surface area contributed by atoms with Gasteiger partial charge in [0.05, 0.1) is 38.5 Å². The van der Waals surface area contributed by atoms with E-state index in [9.17, 15) is 4.79 Å². The van der Waals surface area contributed by atoms with Gasteiger partial charge in [-0.25, -0.2) is 0 Å². The molecule has 2 N–H and O–H groups in total. The first-order valence-corrected chi connectivity index (χ1v) is 9.40. The summed E-state index contributed by atoms with van der Waals surface area (Å²) in [7, 11) is 5.23. The van der Waals surface area contributed by atoms with Gasteiger partial charge in [0.2, 0.25) is 0 Å². The van der Waals surface area contributed by atoms with E-state index in [-0.39, 0.29) is 11.9 Å². The van der Waals surface area contributed by atoms with E-state index in [4.69, 9.17) is 32.7 Å². The Hall–Kier alpha value is -1.95. The van der Waals surface area contributed by atoms with Crippen molar-refractivity contribution >= 4 is 34.8 Å². The molecule has 2 aromatic rings. The predicted octanol–water partition coefficient (Wildman–Crippen LogP) is 3.10. The molecule has 0 spiro atoms. The van der Waals surface area contributed by atoms with Crippen molar-refractivity contribution in [3.05, 3.63) is 52.0 Å². The summed E-state index contributed by atoms with van der Waals surface area (Å²) in [5.74, 6) is 1.31. The third kappa shape index (κ3) is 5.76. The lowest BCUT2D eigenvalue weighted by atomic mass is 10.1. The lowest BCUT2D eigenvalue weighted by Gasteiger charge is -2.21. The number of halogens is 2. The van der Waals surface area contributed by atoms with Gasteiger partial charge in [0.1, 0.15) is 0 Å². The van der Waals surface area contributed by atoms with Crippen LogP contribution in [-0.2, 0) is 11.2 Å². The van der Waals surface area contributed by atoms with Gasteiger partial charge in [-0.3, -0.25) is 4.79 Å². The number of hydrogen-bond donors (Lipinski definition) is 2. The van der Waals surface area contributed by atoms with Crippen molar-refractivity contribution in [2.45, 2.75) is 19.4 Å². The molecular weight excluding hydrogens is 387 g/mol. The SMILES string of the molecule is COc1ccc(CC[NH+](C)[C@H](C)C(=O)Nc2ccc(Cl)cc2Cl)cc1OC. The van der Waals surface area contributed by atoms with Crippen LogP contribution in [0.3, 0.4) is 0 Å². The van der Waals surface area contributed by atoms with Gasteiger partial charge in [-0.15, -0.1) is 0 Å². The fraction of sp³-hybridized carbons (Fsp3) is 0.350. The van der Waals surface area contributed by atoms with Crippen molar-refractivity contribution in [3.63, 3.8) is 0 Å². The third-order valence-electron chi connectivity index (χ3n) is 4.58. The second-order valence-electron chi connectivity index (χ2n) is 6.37. The predicted molar refractivity (Wildman–Crippen MR) is 110 cm³/mol. The molecule has 0 heterocycles. The van der Waals surface area contributed by atoms with Crippen molar-refractivity contribution in [1.29, 1.82) is 0 Å². The van der Waals surface area contributed by atoms with Crippen molar-refractivity contribution in [2.24, 2.45) is 0 Å². The number of hydrogen-bond acceptors (Lipinski definition) is 3. The largest absolute Gasteiger partial charge is 0.493 e. The molecule has 2 aromatic carbocycles. The van der Waals surface area contributed by atoms with Gasteiger partial charge in [0, 0.05) is 11.4 Å². The topological polar surface area (TPSA) is 52.0 Å². The van der Waals surface area contributed by atoms with Crippen molar-refractivity contribution < 1.29 is 19.2 Å². The fourth-order valence-corrected chi connectivity index (χ4v) is 3.11. The van der Waals surface area contributed by atoms with E-state index in [1.165, 1.54) is 0 Å². The Morgan fingerprint density at radius 2 is 1.81 bits per heavy atom. The number of methoxy groups -OCH3 is 2. The summed E-state index contributed by atoms with van der Waals surface area (Å²) in [5, 5.41) is 3.82. The number of quaternary nitrogens is 1. The summed E-state index contributed by atoms with van der Waals surface area (Å²) in [5.41, 5.74) is 1.69. The molecule has 1 amide bonds. The Kier molecular flexibility index (Phi) is 7.78. The van der Waals surface area contributed by atoms with Crippen LogP contribution in [0.25, 0.3) is 0 Å². The van der Waals surface area contributed by atoms with E-state index >= 15 is 0 Å². The average molecular weight is 412 g/mol.